The molecule has 0 radical (unpaired) electrons. The Morgan fingerprint density at radius 2 is 1.80 bits per heavy atom. The van der Waals surface area contributed by atoms with E-state index in [0.29, 0.717) is 5.56 Å². The van der Waals surface area contributed by atoms with Crippen molar-refractivity contribution in [3.63, 3.8) is 0 Å². The molecule has 0 amide bonds. The molecule has 2 aromatic rings. The maximum atomic E-state index is 12.5. The van der Waals surface area contributed by atoms with Crippen molar-refractivity contribution in [2.75, 3.05) is 19.0 Å². The molecule has 0 saturated carbocycles. The number of rotatable bonds is 4. The van der Waals surface area contributed by atoms with Crippen molar-refractivity contribution >= 4 is 35.1 Å². The smallest absolute Gasteiger partial charge is 0.327 e. The van der Waals surface area contributed by atoms with Crippen LogP contribution in [0.2, 0.25) is 0 Å². The molecule has 0 aliphatic carbocycles. The molecule has 1 aliphatic heterocycles. The van der Waals surface area contributed by atoms with Crippen LogP contribution in [0.4, 0.5) is 11.4 Å². The number of ether oxygens (including phenoxy) is 2. The third kappa shape index (κ3) is 2.98. The van der Waals surface area contributed by atoms with Gasteiger partial charge in [-0.3, -0.25) is 9.59 Å². The molecule has 1 aliphatic rings. The molecule has 25 heavy (non-hydrogen) atoms. The second-order valence-corrected chi connectivity index (χ2v) is 6.85. The van der Waals surface area contributed by atoms with Crippen molar-refractivity contribution in [1.29, 1.82) is 0 Å². The standard InChI is InChI=1S/C19H19NO4S/c1-4-24-18(22)19(2,17(21)23-3)12-9-10-14-16(11-12)25-15-8-6-5-7-13(15)20-14/h5-11,20H,4H2,1-3H3. The van der Waals surface area contributed by atoms with Gasteiger partial charge in [-0.1, -0.05) is 30.0 Å². The van der Waals surface area contributed by atoms with Crippen LogP contribution in [0.15, 0.2) is 52.3 Å². The van der Waals surface area contributed by atoms with Gasteiger partial charge in [0.25, 0.3) is 0 Å². The predicted molar refractivity (Wildman–Crippen MR) is 96.3 cm³/mol. The van der Waals surface area contributed by atoms with E-state index in [0.717, 1.165) is 21.2 Å². The van der Waals surface area contributed by atoms with Crippen LogP contribution in [0.3, 0.4) is 0 Å². The van der Waals surface area contributed by atoms with Gasteiger partial charge in [0, 0.05) is 9.79 Å². The van der Waals surface area contributed by atoms with E-state index >= 15 is 0 Å². The van der Waals surface area contributed by atoms with Gasteiger partial charge < -0.3 is 14.8 Å². The lowest BCUT2D eigenvalue weighted by atomic mass is 9.82. The summed E-state index contributed by atoms with van der Waals surface area (Å²) in [5.74, 6) is -1.25. The van der Waals surface area contributed by atoms with Crippen LogP contribution < -0.4 is 5.32 Å². The average molecular weight is 357 g/mol. The number of carbonyl (C=O) groups excluding carboxylic acids is 2. The quantitative estimate of drug-likeness (QED) is 0.564. The molecule has 1 atom stereocenters. The first-order valence-electron chi connectivity index (χ1n) is 7.94. The molecule has 5 nitrogen and oxygen atoms in total. The van der Waals surface area contributed by atoms with Gasteiger partial charge in [-0.25, -0.2) is 0 Å². The minimum Gasteiger partial charge on any atom is -0.468 e. The third-order valence-corrected chi connectivity index (χ3v) is 5.35. The minimum absolute atomic E-state index is 0.194. The second kappa shape index (κ2) is 6.80. The fourth-order valence-corrected chi connectivity index (χ4v) is 3.77. The Balaban J connectivity index is 2.03. The van der Waals surface area contributed by atoms with Gasteiger partial charge in [-0.15, -0.1) is 0 Å². The van der Waals surface area contributed by atoms with Crippen LogP contribution in [0.5, 0.6) is 0 Å². The molecule has 0 bridgehead atoms. The van der Waals surface area contributed by atoms with Crippen LogP contribution in [-0.4, -0.2) is 25.7 Å². The summed E-state index contributed by atoms with van der Waals surface area (Å²) in [6, 6.07) is 13.4. The molecule has 1 N–H and O–H groups in total. The molecule has 0 fully saturated rings. The lowest BCUT2D eigenvalue weighted by molar-refractivity contribution is -0.162. The van der Waals surface area contributed by atoms with Gasteiger partial charge in [0.1, 0.15) is 0 Å². The van der Waals surface area contributed by atoms with Gasteiger partial charge in [0.15, 0.2) is 5.41 Å². The summed E-state index contributed by atoms with van der Waals surface area (Å²) in [6.45, 7) is 3.44. The SMILES string of the molecule is CCOC(=O)C(C)(C(=O)OC)c1ccc2c(c1)Sc1ccccc1N2. The molecular weight excluding hydrogens is 338 g/mol. The van der Waals surface area contributed by atoms with Gasteiger partial charge in [-0.2, -0.15) is 0 Å². The first-order chi connectivity index (χ1) is 12.0. The molecule has 3 rings (SSSR count). The number of benzene rings is 2. The van der Waals surface area contributed by atoms with E-state index < -0.39 is 17.4 Å². The van der Waals surface area contributed by atoms with Crippen molar-refractivity contribution in [2.45, 2.75) is 29.1 Å². The summed E-state index contributed by atoms with van der Waals surface area (Å²) in [6.07, 6.45) is 0. The van der Waals surface area contributed by atoms with Crippen LogP contribution in [0.25, 0.3) is 0 Å². The Bertz CT molecular complexity index is 836. The number of hydrogen-bond acceptors (Lipinski definition) is 6. The van der Waals surface area contributed by atoms with E-state index in [1.54, 1.807) is 24.8 Å². The Labute approximate surface area is 150 Å². The molecule has 130 valence electrons. The Morgan fingerprint density at radius 1 is 1.08 bits per heavy atom. The highest BCUT2D eigenvalue weighted by atomic mass is 32.2. The van der Waals surface area contributed by atoms with Crippen molar-refractivity contribution in [2.24, 2.45) is 0 Å². The predicted octanol–water partition coefficient (Wildman–Crippen LogP) is 3.89. The fraction of sp³-hybridized carbons (Fsp3) is 0.263. The van der Waals surface area contributed by atoms with Crippen LogP contribution in [0, 0.1) is 0 Å². The zero-order valence-electron chi connectivity index (χ0n) is 14.3. The lowest BCUT2D eigenvalue weighted by Gasteiger charge is -2.27. The first-order valence-corrected chi connectivity index (χ1v) is 8.76. The number of methoxy groups -OCH3 is 1. The highest BCUT2D eigenvalue weighted by Crippen LogP contribution is 2.45. The molecule has 0 spiro atoms. The average Bonchev–Trinajstić information content (AvgIpc) is 2.64. The summed E-state index contributed by atoms with van der Waals surface area (Å²) in [5.41, 5.74) is 1.01. The van der Waals surface area contributed by atoms with E-state index in [2.05, 4.69) is 5.32 Å². The Hall–Kier alpha value is -2.47. The van der Waals surface area contributed by atoms with E-state index in [9.17, 15) is 9.59 Å². The van der Waals surface area contributed by atoms with Gasteiger partial charge >= 0.3 is 11.9 Å². The van der Waals surface area contributed by atoms with E-state index in [4.69, 9.17) is 9.47 Å². The molecule has 0 saturated heterocycles. The maximum Gasteiger partial charge on any atom is 0.327 e. The number of esters is 2. The molecule has 1 unspecified atom stereocenters. The second-order valence-electron chi connectivity index (χ2n) is 5.77. The normalized spacial score (nSPS) is 14.4. The van der Waals surface area contributed by atoms with E-state index in [-0.39, 0.29) is 6.61 Å². The van der Waals surface area contributed by atoms with Crippen LogP contribution >= 0.6 is 11.8 Å². The fourth-order valence-electron chi connectivity index (χ4n) is 2.74. The summed E-state index contributed by atoms with van der Waals surface area (Å²) < 4.78 is 10.00. The van der Waals surface area contributed by atoms with Crippen molar-refractivity contribution in [1.82, 2.24) is 0 Å². The van der Waals surface area contributed by atoms with Crippen molar-refractivity contribution in [3.8, 4) is 0 Å². The molecule has 0 aromatic heterocycles. The largest absolute Gasteiger partial charge is 0.468 e. The monoisotopic (exact) mass is 357 g/mol. The number of carbonyl (C=O) groups is 2. The molecule has 2 aromatic carbocycles. The Kier molecular flexibility index (Phi) is 4.72. The maximum absolute atomic E-state index is 12.5. The van der Waals surface area contributed by atoms with Crippen LogP contribution in [0.1, 0.15) is 19.4 Å². The highest BCUT2D eigenvalue weighted by Gasteiger charge is 2.46. The summed E-state index contributed by atoms with van der Waals surface area (Å²) in [4.78, 5) is 26.9. The third-order valence-electron chi connectivity index (χ3n) is 4.21. The number of nitrogens with one attached hydrogen (secondary N) is 1. The Morgan fingerprint density at radius 3 is 2.52 bits per heavy atom. The number of hydrogen-bond donors (Lipinski definition) is 1. The molecule has 6 heteroatoms. The summed E-state index contributed by atoms with van der Waals surface area (Å²) in [5, 5.41) is 3.36. The highest BCUT2D eigenvalue weighted by molar-refractivity contribution is 7.99. The number of anilines is 2. The summed E-state index contributed by atoms with van der Waals surface area (Å²) >= 11 is 1.59. The number of para-hydroxylation sites is 1. The van der Waals surface area contributed by atoms with E-state index in [1.807, 2.05) is 36.4 Å². The van der Waals surface area contributed by atoms with Gasteiger partial charge in [0.2, 0.25) is 0 Å². The summed E-state index contributed by atoms with van der Waals surface area (Å²) in [7, 11) is 1.27. The minimum atomic E-state index is -1.50. The zero-order valence-corrected chi connectivity index (χ0v) is 15.1. The molecular formula is C19H19NO4S. The van der Waals surface area contributed by atoms with Gasteiger partial charge in [-0.05, 0) is 43.7 Å². The molecule has 1 heterocycles. The van der Waals surface area contributed by atoms with Gasteiger partial charge in [0.05, 0.1) is 25.1 Å². The van der Waals surface area contributed by atoms with Crippen molar-refractivity contribution in [3.05, 3.63) is 48.0 Å². The van der Waals surface area contributed by atoms with Crippen molar-refractivity contribution < 1.29 is 19.1 Å². The van der Waals surface area contributed by atoms with E-state index in [1.165, 1.54) is 14.0 Å². The first kappa shape index (κ1) is 17.4. The van der Waals surface area contributed by atoms with Crippen LogP contribution in [-0.2, 0) is 24.5 Å². The topological polar surface area (TPSA) is 64.6 Å². The lowest BCUT2D eigenvalue weighted by Crippen LogP contribution is -2.43. The zero-order chi connectivity index (χ0) is 18.0. The number of fused-ring (bicyclic) bond motifs is 2.